The molecular formula is C18H19BrO5. The van der Waals surface area contributed by atoms with Gasteiger partial charge >= 0.3 is 5.97 Å². The summed E-state index contributed by atoms with van der Waals surface area (Å²) in [5.74, 6) is 0.823. The third kappa shape index (κ3) is 4.89. The van der Waals surface area contributed by atoms with Gasteiger partial charge in [0.25, 0.3) is 0 Å². The highest BCUT2D eigenvalue weighted by Crippen LogP contribution is 2.27. The maximum Gasteiger partial charge on any atom is 0.306 e. The molecule has 2 rings (SSSR count). The van der Waals surface area contributed by atoms with Gasteiger partial charge in [0.1, 0.15) is 12.4 Å². The predicted octanol–water partition coefficient (Wildman–Crippen LogP) is 3.85. The van der Waals surface area contributed by atoms with Gasteiger partial charge in [0.05, 0.1) is 14.2 Å². The number of phenolic OH excluding ortho intramolecular Hbond substituents is 1. The summed E-state index contributed by atoms with van der Waals surface area (Å²) in [6, 6.07) is 10.6. The molecule has 24 heavy (non-hydrogen) atoms. The highest BCUT2D eigenvalue weighted by atomic mass is 79.9. The first-order valence-electron chi connectivity index (χ1n) is 7.37. The van der Waals surface area contributed by atoms with Crippen molar-refractivity contribution in [1.29, 1.82) is 0 Å². The number of methoxy groups -OCH3 is 2. The van der Waals surface area contributed by atoms with Crippen molar-refractivity contribution in [1.82, 2.24) is 0 Å². The minimum atomic E-state index is -0.313. The Hall–Kier alpha value is -2.21. The summed E-state index contributed by atoms with van der Waals surface area (Å²) in [5, 5.41) is 9.73. The molecule has 0 heterocycles. The number of aryl methyl sites for hydroxylation is 1. The molecule has 2 aromatic rings. The van der Waals surface area contributed by atoms with E-state index in [-0.39, 0.29) is 24.7 Å². The van der Waals surface area contributed by atoms with Crippen LogP contribution in [0.15, 0.2) is 40.9 Å². The molecule has 5 nitrogen and oxygen atoms in total. The fourth-order valence-corrected chi connectivity index (χ4v) is 2.64. The van der Waals surface area contributed by atoms with Gasteiger partial charge in [-0.15, -0.1) is 0 Å². The molecule has 0 bridgehead atoms. The van der Waals surface area contributed by atoms with Crippen LogP contribution in [0.4, 0.5) is 0 Å². The lowest BCUT2D eigenvalue weighted by Crippen LogP contribution is -2.06. The second-order valence-corrected chi connectivity index (χ2v) is 6.04. The largest absolute Gasteiger partial charge is 0.504 e. The Kier molecular flexibility index (Phi) is 6.49. The number of esters is 1. The molecule has 0 fully saturated rings. The van der Waals surface area contributed by atoms with E-state index in [0.29, 0.717) is 17.9 Å². The number of benzene rings is 2. The molecule has 128 valence electrons. The molecule has 2 aromatic carbocycles. The zero-order valence-electron chi connectivity index (χ0n) is 13.5. The SMILES string of the molecule is COc1ccc(CCC(=O)OCc2cc(Br)ccc2OC)cc1O. The number of ether oxygens (including phenoxy) is 3. The molecule has 0 saturated carbocycles. The summed E-state index contributed by atoms with van der Waals surface area (Å²) < 4.78 is 16.4. The van der Waals surface area contributed by atoms with E-state index >= 15 is 0 Å². The molecular weight excluding hydrogens is 376 g/mol. The standard InChI is InChI=1S/C18H19BrO5/c1-22-16-7-5-14(19)10-13(16)11-24-18(21)8-4-12-3-6-17(23-2)15(20)9-12/h3,5-7,9-10,20H,4,8,11H2,1-2H3. The van der Waals surface area contributed by atoms with Crippen LogP contribution in [0.2, 0.25) is 0 Å². The number of phenols is 1. The third-order valence-electron chi connectivity index (χ3n) is 3.49. The van der Waals surface area contributed by atoms with Gasteiger partial charge in [-0.05, 0) is 42.3 Å². The van der Waals surface area contributed by atoms with Crippen LogP contribution >= 0.6 is 15.9 Å². The average Bonchev–Trinajstić information content (AvgIpc) is 2.58. The minimum absolute atomic E-state index is 0.0576. The van der Waals surface area contributed by atoms with E-state index in [0.717, 1.165) is 15.6 Å². The second-order valence-electron chi connectivity index (χ2n) is 5.12. The minimum Gasteiger partial charge on any atom is -0.504 e. The van der Waals surface area contributed by atoms with Crippen LogP contribution in [0.3, 0.4) is 0 Å². The summed E-state index contributed by atoms with van der Waals surface area (Å²) >= 11 is 3.38. The fraction of sp³-hybridized carbons (Fsp3) is 0.278. The Bertz CT molecular complexity index is 715. The first kappa shape index (κ1) is 18.1. The highest BCUT2D eigenvalue weighted by molar-refractivity contribution is 9.10. The normalized spacial score (nSPS) is 10.3. The van der Waals surface area contributed by atoms with E-state index in [1.807, 2.05) is 24.3 Å². The first-order valence-corrected chi connectivity index (χ1v) is 8.16. The lowest BCUT2D eigenvalue weighted by atomic mass is 10.1. The van der Waals surface area contributed by atoms with E-state index in [4.69, 9.17) is 14.2 Å². The van der Waals surface area contributed by atoms with E-state index in [1.54, 1.807) is 19.2 Å². The van der Waals surface area contributed by atoms with Crippen LogP contribution in [-0.2, 0) is 22.6 Å². The molecule has 0 aliphatic heterocycles. The van der Waals surface area contributed by atoms with Crippen LogP contribution in [0.25, 0.3) is 0 Å². The van der Waals surface area contributed by atoms with Crippen LogP contribution in [0, 0.1) is 0 Å². The molecule has 0 aliphatic carbocycles. The Morgan fingerprint density at radius 3 is 2.46 bits per heavy atom. The number of hydrogen-bond acceptors (Lipinski definition) is 5. The summed E-state index contributed by atoms with van der Waals surface area (Å²) in [7, 11) is 3.06. The quantitative estimate of drug-likeness (QED) is 0.722. The number of carbonyl (C=O) groups is 1. The van der Waals surface area contributed by atoms with E-state index in [1.165, 1.54) is 7.11 Å². The number of hydrogen-bond donors (Lipinski definition) is 1. The van der Waals surface area contributed by atoms with E-state index < -0.39 is 0 Å². The zero-order chi connectivity index (χ0) is 17.5. The van der Waals surface area contributed by atoms with Gasteiger partial charge < -0.3 is 19.3 Å². The van der Waals surface area contributed by atoms with E-state index in [2.05, 4.69) is 15.9 Å². The third-order valence-corrected chi connectivity index (χ3v) is 3.99. The van der Waals surface area contributed by atoms with Gasteiger partial charge in [-0.1, -0.05) is 22.0 Å². The Balaban J connectivity index is 1.88. The highest BCUT2D eigenvalue weighted by Gasteiger charge is 2.09. The molecule has 0 atom stereocenters. The van der Waals surface area contributed by atoms with Crippen molar-refractivity contribution in [3.05, 3.63) is 52.0 Å². The van der Waals surface area contributed by atoms with Crippen LogP contribution in [0.1, 0.15) is 17.5 Å². The topological polar surface area (TPSA) is 65.0 Å². The number of aromatic hydroxyl groups is 1. The van der Waals surface area contributed by atoms with Crippen LogP contribution in [-0.4, -0.2) is 25.3 Å². The predicted molar refractivity (Wildman–Crippen MR) is 93.5 cm³/mol. The molecule has 0 unspecified atom stereocenters. The van der Waals surface area contributed by atoms with Gasteiger partial charge in [0, 0.05) is 16.5 Å². The number of carbonyl (C=O) groups excluding carboxylic acids is 1. The lowest BCUT2D eigenvalue weighted by Gasteiger charge is -2.10. The molecule has 0 radical (unpaired) electrons. The lowest BCUT2D eigenvalue weighted by molar-refractivity contribution is -0.144. The van der Waals surface area contributed by atoms with Crippen molar-refractivity contribution in [2.75, 3.05) is 14.2 Å². The number of rotatable bonds is 7. The van der Waals surface area contributed by atoms with Crippen molar-refractivity contribution in [3.8, 4) is 17.2 Å². The molecule has 0 saturated heterocycles. The molecule has 0 spiro atoms. The monoisotopic (exact) mass is 394 g/mol. The molecule has 6 heteroatoms. The summed E-state index contributed by atoms with van der Waals surface area (Å²) in [4.78, 5) is 11.9. The molecule has 0 amide bonds. The van der Waals surface area contributed by atoms with Gasteiger partial charge in [-0.25, -0.2) is 0 Å². The first-order chi connectivity index (χ1) is 11.5. The summed E-state index contributed by atoms with van der Waals surface area (Å²) in [5.41, 5.74) is 1.63. The summed E-state index contributed by atoms with van der Waals surface area (Å²) in [6.07, 6.45) is 0.702. The van der Waals surface area contributed by atoms with Gasteiger partial charge in [0.2, 0.25) is 0 Å². The average molecular weight is 395 g/mol. The Morgan fingerprint density at radius 1 is 1.08 bits per heavy atom. The van der Waals surface area contributed by atoms with Crippen molar-refractivity contribution in [3.63, 3.8) is 0 Å². The van der Waals surface area contributed by atoms with Gasteiger partial charge in [-0.2, -0.15) is 0 Å². The van der Waals surface area contributed by atoms with Crippen molar-refractivity contribution < 1.29 is 24.1 Å². The van der Waals surface area contributed by atoms with Crippen LogP contribution in [0.5, 0.6) is 17.2 Å². The van der Waals surface area contributed by atoms with Crippen molar-refractivity contribution in [2.24, 2.45) is 0 Å². The van der Waals surface area contributed by atoms with Crippen molar-refractivity contribution >= 4 is 21.9 Å². The molecule has 1 N–H and O–H groups in total. The zero-order valence-corrected chi connectivity index (χ0v) is 15.1. The Labute approximate surface area is 149 Å². The summed E-state index contributed by atoms with van der Waals surface area (Å²) in [6.45, 7) is 0.148. The van der Waals surface area contributed by atoms with Crippen molar-refractivity contribution in [2.45, 2.75) is 19.4 Å². The maximum atomic E-state index is 11.9. The van der Waals surface area contributed by atoms with Gasteiger partial charge in [-0.3, -0.25) is 4.79 Å². The Morgan fingerprint density at radius 2 is 1.79 bits per heavy atom. The smallest absolute Gasteiger partial charge is 0.306 e. The molecule has 0 aliphatic rings. The van der Waals surface area contributed by atoms with E-state index in [9.17, 15) is 9.90 Å². The maximum absolute atomic E-state index is 11.9. The molecule has 0 aromatic heterocycles. The van der Waals surface area contributed by atoms with Gasteiger partial charge in [0.15, 0.2) is 11.5 Å². The van der Waals surface area contributed by atoms with Crippen LogP contribution < -0.4 is 9.47 Å². The second kappa shape index (κ2) is 8.59. The number of halogens is 1. The fourth-order valence-electron chi connectivity index (χ4n) is 2.23.